The maximum absolute atomic E-state index is 13.5. The van der Waals surface area contributed by atoms with Gasteiger partial charge < -0.3 is 15.0 Å². The van der Waals surface area contributed by atoms with Crippen LogP contribution in [0.5, 0.6) is 5.75 Å². The van der Waals surface area contributed by atoms with Crippen molar-refractivity contribution in [3.05, 3.63) is 129 Å². The molecule has 0 unspecified atom stereocenters. The van der Waals surface area contributed by atoms with Gasteiger partial charge in [0.05, 0.1) is 12.8 Å². The molecule has 0 atom stereocenters. The Balaban J connectivity index is 1.21. The summed E-state index contributed by atoms with van der Waals surface area (Å²) >= 11 is 6.37. The number of aryl methyl sites for hydroxylation is 2. The largest absolute Gasteiger partial charge is 0.497 e. The average molecular weight is 564 g/mol. The molecule has 0 saturated carbocycles. The number of methoxy groups -OCH3 is 1. The summed E-state index contributed by atoms with van der Waals surface area (Å²) in [5.41, 5.74) is 8.83. The summed E-state index contributed by atoms with van der Waals surface area (Å²) in [5.74, 6) is 0.302. The number of fused-ring (bicyclic) bond motifs is 2. The van der Waals surface area contributed by atoms with E-state index in [-0.39, 0.29) is 11.8 Å². The second-order valence-electron chi connectivity index (χ2n) is 10.4. The van der Waals surface area contributed by atoms with Crippen LogP contribution in [0.3, 0.4) is 0 Å². The third-order valence-corrected chi connectivity index (χ3v) is 8.07. The van der Waals surface area contributed by atoms with Gasteiger partial charge in [-0.3, -0.25) is 14.6 Å². The molecule has 2 heterocycles. The molecule has 206 valence electrons. The molecule has 6 nitrogen and oxygen atoms in total. The summed E-state index contributed by atoms with van der Waals surface area (Å²) in [6.07, 6.45) is 5.24. The first kappa shape index (κ1) is 26.8. The van der Waals surface area contributed by atoms with Gasteiger partial charge in [-0.1, -0.05) is 41.4 Å². The summed E-state index contributed by atoms with van der Waals surface area (Å²) in [4.78, 5) is 33.0. The summed E-state index contributed by atoms with van der Waals surface area (Å²) in [7, 11) is 1.56. The highest BCUT2D eigenvalue weighted by Gasteiger charge is 2.27. The molecule has 0 spiro atoms. The Morgan fingerprint density at radius 2 is 1.63 bits per heavy atom. The number of hydrogen-bond acceptors (Lipinski definition) is 4. The number of aromatic nitrogens is 1. The number of halogens is 1. The van der Waals surface area contributed by atoms with E-state index in [9.17, 15) is 9.59 Å². The number of hydrogen-bond donors (Lipinski definition) is 1. The summed E-state index contributed by atoms with van der Waals surface area (Å²) in [6, 6.07) is 24.4. The number of carbonyl (C=O) groups excluding carboxylic acids is 2. The number of amides is 2. The van der Waals surface area contributed by atoms with Crippen molar-refractivity contribution in [2.45, 2.75) is 25.7 Å². The number of nitrogens with zero attached hydrogens (tertiary/aromatic N) is 2. The van der Waals surface area contributed by atoms with Crippen LogP contribution < -0.4 is 10.1 Å². The van der Waals surface area contributed by atoms with Crippen molar-refractivity contribution in [3.8, 4) is 5.75 Å². The van der Waals surface area contributed by atoms with Gasteiger partial charge in [0.1, 0.15) is 5.75 Å². The van der Waals surface area contributed by atoms with Crippen molar-refractivity contribution in [1.29, 1.82) is 0 Å². The maximum atomic E-state index is 13.5. The third kappa shape index (κ3) is 5.61. The second kappa shape index (κ2) is 11.6. The predicted molar refractivity (Wildman–Crippen MR) is 162 cm³/mol. The van der Waals surface area contributed by atoms with E-state index in [1.807, 2.05) is 23.2 Å². The molecular weight excluding hydrogens is 534 g/mol. The number of pyridine rings is 1. The Bertz CT molecular complexity index is 1670. The Morgan fingerprint density at radius 1 is 0.854 bits per heavy atom. The molecule has 6 rings (SSSR count). The van der Waals surface area contributed by atoms with Crippen molar-refractivity contribution in [3.63, 3.8) is 0 Å². The Kier molecular flexibility index (Phi) is 7.57. The summed E-state index contributed by atoms with van der Waals surface area (Å²) in [6.45, 7) is 1.23. The zero-order chi connectivity index (χ0) is 28.3. The Hall–Kier alpha value is -4.42. The van der Waals surface area contributed by atoms with Crippen LogP contribution in [0.4, 0.5) is 5.69 Å². The lowest BCUT2D eigenvalue weighted by molar-refractivity contribution is 0.0743. The zero-order valence-electron chi connectivity index (χ0n) is 22.8. The van der Waals surface area contributed by atoms with Crippen LogP contribution in [0.15, 0.2) is 90.6 Å². The summed E-state index contributed by atoms with van der Waals surface area (Å²) < 4.78 is 5.22. The number of carbonyl (C=O) groups is 2. The summed E-state index contributed by atoms with van der Waals surface area (Å²) in [5, 5.41) is 3.64. The van der Waals surface area contributed by atoms with Gasteiger partial charge in [0.2, 0.25) is 0 Å². The third-order valence-electron chi connectivity index (χ3n) is 7.84. The molecule has 1 N–H and O–H groups in total. The Morgan fingerprint density at radius 3 is 2.46 bits per heavy atom. The molecule has 1 fully saturated rings. The molecule has 2 amide bonds. The minimum atomic E-state index is -0.262. The number of rotatable bonds is 4. The van der Waals surface area contributed by atoms with E-state index in [4.69, 9.17) is 21.3 Å². The average Bonchev–Trinajstić information content (AvgIpc) is 3.17. The molecule has 2 aliphatic rings. The highest BCUT2D eigenvalue weighted by atomic mass is 35.5. The van der Waals surface area contributed by atoms with Crippen LogP contribution in [-0.4, -0.2) is 41.9 Å². The molecule has 7 heteroatoms. The molecule has 0 bridgehead atoms. The number of nitrogens with one attached hydrogen (secondary N) is 1. The first-order chi connectivity index (χ1) is 20.0. The fourth-order valence-electron chi connectivity index (χ4n) is 5.74. The lowest BCUT2D eigenvalue weighted by Gasteiger charge is -2.30. The van der Waals surface area contributed by atoms with Gasteiger partial charge in [-0.15, -0.1) is 0 Å². The molecule has 4 aromatic rings. The first-order valence-electron chi connectivity index (χ1n) is 13.8. The van der Waals surface area contributed by atoms with Crippen LogP contribution in [0.25, 0.3) is 5.57 Å². The van der Waals surface area contributed by atoms with Gasteiger partial charge in [0.25, 0.3) is 11.8 Å². The van der Waals surface area contributed by atoms with Crippen LogP contribution >= 0.6 is 11.6 Å². The zero-order valence-corrected chi connectivity index (χ0v) is 23.6. The number of benzene rings is 3. The van der Waals surface area contributed by atoms with Crippen LogP contribution in [-0.2, 0) is 12.8 Å². The predicted octanol–water partition coefficient (Wildman–Crippen LogP) is 6.83. The van der Waals surface area contributed by atoms with Crippen molar-refractivity contribution < 1.29 is 14.3 Å². The number of anilines is 1. The van der Waals surface area contributed by atoms with Crippen LogP contribution in [0.2, 0.25) is 5.02 Å². The van der Waals surface area contributed by atoms with Gasteiger partial charge in [0.15, 0.2) is 0 Å². The van der Waals surface area contributed by atoms with Crippen LogP contribution in [0.1, 0.15) is 55.9 Å². The SMILES string of the molecule is COc1cccc(C(=O)Nc2cccc(C(=O)N3CCC(=C4c5ccc(Cl)cc5CCc5cccnc54)CC3)c2)c1. The van der Waals surface area contributed by atoms with Crippen molar-refractivity contribution >= 4 is 34.7 Å². The van der Waals surface area contributed by atoms with E-state index < -0.39 is 0 Å². The monoisotopic (exact) mass is 563 g/mol. The highest BCUT2D eigenvalue weighted by Crippen LogP contribution is 2.38. The van der Waals surface area contributed by atoms with E-state index in [0.717, 1.165) is 36.4 Å². The quantitative estimate of drug-likeness (QED) is 0.295. The molecule has 0 radical (unpaired) electrons. The fraction of sp³-hybridized carbons (Fsp3) is 0.206. The molecular formula is C34H30ClN3O3. The highest BCUT2D eigenvalue weighted by molar-refractivity contribution is 6.30. The van der Waals surface area contributed by atoms with Crippen molar-refractivity contribution in [2.24, 2.45) is 0 Å². The topological polar surface area (TPSA) is 71.5 Å². The second-order valence-corrected chi connectivity index (χ2v) is 10.8. The van der Waals surface area contributed by atoms with Gasteiger partial charge >= 0.3 is 0 Å². The van der Waals surface area contributed by atoms with Gasteiger partial charge in [-0.05, 0) is 97.0 Å². The molecule has 1 aromatic heterocycles. The smallest absolute Gasteiger partial charge is 0.255 e. The van der Waals surface area contributed by atoms with Gasteiger partial charge in [-0.2, -0.15) is 0 Å². The maximum Gasteiger partial charge on any atom is 0.255 e. The van der Waals surface area contributed by atoms with E-state index in [2.05, 4.69) is 23.5 Å². The Labute approximate surface area is 244 Å². The first-order valence-corrected chi connectivity index (χ1v) is 14.2. The lowest BCUT2D eigenvalue weighted by atomic mass is 9.88. The lowest BCUT2D eigenvalue weighted by Crippen LogP contribution is -2.36. The molecule has 1 aliphatic heterocycles. The molecule has 1 saturated heterocycles. The number of likely N-dealkylation sites (tertiary alicyclic amines) is 1. The number of ether oxygens (including phenoxy) is 1. The van der Waals surface area contributed by atoms with E-state index in [1.54, 1.807) is 55.6 Å². The van der Waals surface area contributed by atoms with E-state index >= 15 is 0 Å². The fourth-order valence-corrected chi connectivity index (χ4v) is 5.94. The molecule has 41 heavy (non-hydrogen) atoms. The molecule has 1 aliphatic carbocycles. The minimum absolute atomic E-state index is 0.0434. The van der Waals surface area contributed by atoms with Crippen molar-refractivity contribution in [1.82, 2.24) is 9.88 Å². The minimum Gasteiger partial charge on any atom is -0.497 e. The standard InChI is InChI=1S/C34H30ClN3O3/c1-41-29-9-3-5-25(21-29)33(39)37-28-8-2-6-26(20-28)34(40)38-17-14-22(15-18-38)31-30-13-12-27(35)19-24(30)11-10-23-7-4-16-36-32(23)31/h2-9,12-13,16,19-21H,10-11,14-15,17-18H2,1H3,(H,37,39). The van der Waals surface area contributed by atoms with Gasteiger partial charge in [0, 0.05) is 46.7 Å². The number of piperidine rings is 1. The van der Waals surface area contributed by atoms with Crippen LogP contribution in [0, 0.1) is 0 Å². The normalized spacial score (nSPS) is 14.5. The van der Waals surface area contributed by atoms with E-state index in [1.165, 1.54) is 27.8 Å². The van der Waals surface area contributed by atoms with Gasteiger partial charge in [-0.25, -0.2) is 0 Å². The van der Waals surface area contributed by atoms with E-state index in [0.29, 0.717) is 35.7 Å². The molecule has 3 aromatic carbocycles. The van der Waals surface area contributed by atoms with Crippen molar-refractivity contribution in [2.75, 3.05) is 25.5 Å².